The molecule has 1 aliphatic carbocycles. The van der Waals surface area contributed by atoms with Crippen LogP contribution in [-0.4, -0.2) is 45.7 Å². The van der Waals surface area contributed by atoms with Crippen LogP contribution >= 0.6 is 11.6 Å². The highest BCUT2D eigenvalue weighted by atomic mass is 35.5. The molecule has 1 saturated carbocycles. The summed E-state index contributed by atoms with van der Waals surface area (Å²) in [7, 11) is 4.72. The molecule has 8 nitrogen and oxygen atoms in total. The van der Waals surface area contributed by atoms with Crippen molar-refractivity contribution in [3.8, 4) is 17.7 Å². The molecule has 0 unspecified atom stereocenters. The molecule has 9 heteroatoms. The van der Waals surface area contributed by atoms with Crippen LogP contribution in [0.15, 0.2) is 47.5 Å². The second-order valence-corrected chi connectivity index (χ2v) is 8.62. The molecular formula is C25H30ClN5O3. The van der Waals surface area contributed by atoms with E-state index in [9.17, 15) is 4.79 Å². The molecule has 34 heavy (non-hydrogen) atoms. The average Bonchev–Trinajstić information content (AvgIpc) is 2.88. The Kier molecular flexibility index (Phi) is 8.61. The Morgan fingerprint density at radius 2 is 1.88 bits per heavy atom. The zero-order valence-electron chi connectivity index (χ0n) is 19.7. The van der Waals surface area contributed by atoms with Crippen molar-refractivity contribution in [2.45, 2.75) is 37.1 Å². The summed E-state index contributed by atoms with van der Waals surface area (Å²) in [4.78, 5) is 17.1. The van der Waals surface area contributed by atoms with E-state index in [1.54, 1.807) is 25.4 Å². The van der Waals surface area contributed by atoms with Crippen LogP contribution in [0.5, 0.6) is 11.5 Å². The fourth-order valence-corrected chi connectivity index (χ4v) is 4.77. The number of carbonyl (C=O) groups excluding carboxylic acids is 1. The van der Waals surface area contributed by atoms with Gasteiger partial charge in [-0.25, -0.2) is 0 Å². The second-order valence-electron chi connectivity index (χ2n) is 8.22. The summed E-state index contributed by atoms with van der Waals surface area (Å²) < 4.78 is 10.8. The summed E-state index contributed by atoms with van der Waals surface area (Å²) in [5, 5.41) is 18.5. The Hall–Kier alpha value is -3.44. The normalized spacial score (nSPS) is 20.1. The number of guanidine groups is 1. The number of hydrogen-bond acceptors (Lipinski definition) is 5. The average molecular weight is 484 g/mol. The molecule has 0 atom stereocenters. The van der Waals surface area contributed by atoms with Gasteiger partial charge in [0.05, 0.1) is 19.2 Å². The zero-order valence-corrected chi connectivity index (χ0v) is 20.4. The quantitative estimate of drug-likeness (QED) is 0.315. The monoisotopic (exact) mass is 483 g/mol. The van der Waals surface area contributed by atoms with Crippen molar-refractivity contribution in [3.05, 3.63) is 58.6 Å². The molecule has 1 amide bonds. The third-order valence-corrected chi connectivity index (χ3v) is 6.68. The van der Waals surface area contributed by atoms with Gasteiger partial charge in [-0.15, -0.1) is 4.99 Å². The Balaban J connectivity index is 1.81. The topological polar surface area (TPSA) is 108 Å². The summed E-state index contributed by atoms with van der Waals surface area (Å²) >= 11 is 6.26. The number of nitrogens with zero attached hydrogens (tertiary/aromatic N) is 2. The van der Waals surface area contributed by atoms with Gasteiger partial charge < -0.3 is 25.4 Å². The molecule has 0 radical (unpaired) electrons. The minimum Gasteiger partial charge on any atom is -0.496 e. The van der Waals surface area contributed by atoms with E-state index < -0.39 is 0 Å². The molecule has 3 N–H and O–H groups in total. The predicted octanol–water partition coefficient (Wildman–Crippen LogP) is 3.61. The van der Waals surface area contributed by atoms with Crippen molar-refractivity contribution >= 4 is 23.5 Å². The highest BCUT2D eigenvalue weighted by molar-refractivity contribution is 6.32. The van der Waals surface area contributed by atoms with Crippen LogP contribution in [-0.2, 0) is 5.41 Å². The van der Waals surface area contributed by atoms with Crippen molar-refractivity contribution in [1.29, 1.82) is 5.26 Å². The molecule has 0 heterocycles. The number of halogens is 1. The van der Waals surface area contributed by atoms with E-state index in [1.165, 1.54) is 19.8 Å². The summed E-state index contributed by atoms with van der Waals surface area (Å²) in [5.41, 5.74) is 1.22. The highest BCUT2D eigenvalue weighted by Crippen LogP contribution is 2.40. The smallest absolute Gasteiger partial charge is 0.258 e. The zero-order chi connectivity index (χ0) is 24.6. The Bertz CT molecular complexity index is 1060. The molecule has 2 aromatic carbocycles. The molecule has 0 saturated heterocycles. The standard InChI is InChI=1S/C25H30ClN5O3/c1-28-24(30-16-27)31-18-11-13-25(14-12-18,17-7-5-4-6-8-17)15-29-23(32)21-20(33-2)10-9-19(26)22(21)34-3/h4-10,18H,11-15H2,1-3H3,(H,29,32)(H2,28,30,31). The van der Waals surface area contributed by atoms with Crippen molar-refractivity contribution in [1.82, 2.24) is 16.0 Å². The number of amides is 1. The number of benzene rings is 2. The number of nitrogens with one attached hydrogen (secondary N) is 3. The van der Waals surface area contributed by atoms with Gasteiger partial charge in [-0.2, -0.15) is 5.26 Å². The van der Waals surface area contributed by atoms with Crippen LogP contribution in [0.3, 0.4) is 0 Å². The fraction of sp³-hybridized carbons (Fsp3) is 0.400. The minimum atomic E-state index is -0.301. The van der Waals surface area contributed by atoms with Gasteiger partial charge >= 0.3 is 0 Å². The van der Waals surface area contributed by atoms with E-state index in [1.807, 2.05) is 18.2 Å². The van der Waals surface area contributed by atoms with Crippen molar-refractivity contribution in [3.63, 3.8) is 0 Å². The molecular weight excluding hydrogens is 454 g/mol. The molecule has 180 valence electrons. The van der Waals surface area contributed by atoms with Crippen LogP contribution in [0.4, 0.5) is 0 Å². The van der Waals surface area contributed by atoms with Crippen LogP contribution in [0.2, 0.25) is 5.02 Å². The molecule has 1 fully saturated rings. The number of nitriles is 1. The summed E-state index contributed by atoms with van der Waals surface area (Å²) in [6.07, 6.45) is 5.23. The largest absolute Gasteiger partial charge is 0.496 e. The van der Waals surface area contributed by atoms with Crippen LogP contribution in [0.1, 0.15) is 41.6 Å². The summed E-state index contributed by atoms with van der Waals surface area (Å²) in [5.74, 6) is 0.854. The van der Waals surface area contributed by atoms with Gasteiger partial charge in [0.1, 0.15) is 11.3 Å². The Morgan fingerprint density at radius 3 is 2.47 bits per heavy atom. The second kappa shape index (κ2) is 11.6. The van der Waals surface area contributed by atoms with Gasteiger partial charge in [0.25, 0.3) is 5.91 Å². The van der Waals surface area contributed by atoms with Crippen LogP contribution in [0, 0.1) is 11.5 Å². The van der Waals surface area contributed by atoms with Gasteiger partial charge in [-0.05, 0) is 43.4 Å². The maximum absolute atomic E-state index is 13.3. The molecule has 0 aliphatic heterocycles. The first kappa shape index (κ1) is 25.2. The number of methoxy groups -OCH3 is 2. The van der Waals surface area contributed by atoms with Gasteiger partial charge in [-0.3, -0.25) is 4.79 Å². The maximum Gasteiger partial charge on any atom is 0.258 e. The van der Waals surface area contributed by atoms with Gasteiger partial charge in [-0.1, -0.05) is 41.9 Å². The lowest BCUT2D eigenvalue weighted by Crippen LogP contribution is -2.49. The highest BCUT2D eigenvalue weighted by Gasteiger charge is 2.38. The summed E-state index contributed by atoms with van der Waals surface area (Å²) in [6, 6.07) is 13.7. The first-order valence-corrected chi connectivity index (χ1v) is 11.5. The number of rotatable bonds is 7. The number of carbonyl (C=O) groups is 1. The molecule has 0 spiro atoms. The van der Waals surface area contributed by atoms with E-state index in [4.69, 9.17) is 26.3 Å². The van der Waals surface area contributed by atoms with Gasteiger partial charge in [0, 0.05) is 25.0 Å². The van der Waals surface area contributed by atoms with E-state index in [2.05, 4.69) is 33.1 Å². The summed E-state index contributed by atoms with van der Waals surface area (Å²) in [6.45, 7) is 0.451. The number of ether oxygens (including phenoxy) is 2. The first-order valence-electron chi connectivity index (χ1n) is 11.1. The van der Waals surface area contributed by atoms with Crippen LogP contribution in [0.25, 0.3) is 0 Å². The fourth-order valence-electron chi connectivity index (χ4n) is 4.54. The third kappa shape index (κ3) is 5.54. The maximum atomic E-state index is 13.3. The van der Waals surface area contributed by atoms with Crippen molar-refractivity contribution < 1.29 is 14.3 Å². The van der Waals surface area contributed by atoms with Crippen LogP contribution < -0.4 is 25.4 Å². The Labute approximate surface area is 205 Å². The number of aliphatic imine (C=N–C) groups is 1. The molecule has 0 bridgehead atoms. The van der Waals surface area contributed by atoms with Crippen molar-refractivity contribution in [2.24, 2.45) is 4.99 Å². The lowest BCUT2D eigenvalue weighted by molar-refractivity contribution is 0.0928. The van der Waals surface area contributed by atoms with Crippen molar-refractivity contribution in [2.75, 3.05) is 27.8 Å². The van der Waals surface area contributed by atoms with Gasteiger partial charge in [0.2, 0.25) is 12.2 Å². The van der Waals surface area contributed by atoms with E-state index in [-0.39, 0.29) is 28.7 Å². The lowest BCUT2D eigenvalue weighted by atomic mass is 9.68. The van der Waals surface area contributed by atoms with E-state index in [0.717, 1.165) is 25.7 Å². The molecule has 3 rings (SSSR count). The van der Waals surface area contributed by atoms with E-state index >= 15 is 0 Å². The third-order valence-electron chi connectivity index (χ3n) is 6.38. The SMILES string of the molecule is CN/C(=N\C#N)NC1CCC(CNC(=O)c2c(OC)ccc(Cl)c2OC)(c2ccccc2)CC1. The molecule has 1 aliphatic rings. The van der Waals surface area contributed by atoms with Gasteiger partial charge in [0.15, 0.2) is 5.75 Å². The Morgan fingerprint density at radius 1 is 1.18 bits per heavy atom. The predicted molar refractivity (Wildman–Crippen MR) is 133 cm³/mol. The minimum absolute atomic E-state index is 0.181. The first-order chi connectivity index (χ1) is 16.5. The molecule has 2 aromatic rings. The lowest BCUT2D eigenvalue weighted by Gasteiger charge is -2.41. The number of hydrogen-bond donors (Lipinski definition) is 3. The van der Waals surface area contributed by atoms with E-state index in [0.29, 0.717) is 23.3 Å². The molecule has 0 aromatic heterocycles.